The quantitative estimate of drug-likeness (QED) is 0.928. The molecule has 5 nitrogen and oxygen atoms in total. The number of aromatic nitrogens is 1. The molecular formula is C17H22N2O3. The van der Waals surface area contributed by atoms with Gasteiger partial charge in [-0.1, -0.05) is 0 Å². The third-order valence-electron chi connectivity index (χ3n) is 4.19. The standard InChI is InChI=1S/C17H22N2O3/c1-10-8-19(9-11(2)22-10)17(20)16-12(3)14-7-13(21-4)5-6-15(14)18-16/h5-7,10-11,18H,8-9H2,1-4H3/t10-,11+. The number of rotatable bonds is 2. The maximum atomic E-state index is 12.8. The summed E-state index contributed by atoms with van der Waals surface area (Å²) in [7, 11) is 1.64. The van der Waals surface area contributed by atoms with Gasteiger partial charge in [0.2, 0.25) is 0 Å². The molecule has 2 aromatic rings. The minimum atomic E-state index is 0.0367. The SMILES string of the molecule is COc1ccc2[nH]c(C(=O)N3C[C@@H](C)O[C@@H](C)C3)c(C)c2c1. The zero-order valence-corrected chi connectivity index (χ0v) is 13.5. The van der Waals surface area contributed by atoms with Crippen LogP contribution in [0.1, 0.15) is 29.9 Å². The maximum Gasteiger partial charge on any atom is 0.270 e. The number of aryl methyl sites for hydroxylation is 1. The second-order valence-corrected chi connectivity index (χ2v) is 6.00. The molecule has 0 unspecified atom stereocenters. The van der Waals surface area contributed by atoms with Gasteiger partial charge in [0, 0.05) is 24.0 Å². The first-order chi connectivity index (χ1) is 10.5. The number of methoxy groups -OCH3 is 1. The Hall–Kier alpha value is -2.01. The summed E-state index contributed by atoms with van der Waals surface area (Å²) < 4.78 is 11.0. The molecule has 2 atom stereocenters. The molecule has 22 heavy (non-hydrogen) atoms. The minimum Gasteiger partial charge on any atom is -0.497 e. The molecule has 1 amide bonds. The highest BCUT2D eigenvalue weighted by Crippen LogP contribution is 2.27. The van der Waals surface area contributed by atoms with Gasteiger partial charge in [-0.15, -0.1) is 0 Å². The van der Waals surface area contributed by atoms with E-state index in [0.29, 0.717) is 18.8 Å². The number of hydrogen-bond acceptors (Lipinski definition) is 3. The average molecular weight is 302 g/mol. The molecule has 0 spiro atoms. The van der Waals surface area contributed by atoms with Crippen molar-refractivity contribution in [3.8, 4) is 5.75 Å². The molecule has 2 heterocycles. The van der Waals surface area contributed by atoms with Crippen LogP contribution in [-0.4, -0.2) is 48.2 Å². The number of nitrogens with one attached hydrogen (secondary N) is 1. The summed E-state index contributed by atoms with van der Waals surface area (Å²) >= 11 is 0. The van der Waals surface area contributed by atoms with Gasteiger partial charge >= 0.3 is 0 Å². The first-order valence-corrected chi connectivity index (χ1v) is 7.60. The molecule has 1 aliphatic heterocycles. The van der Waals surface area contributed by atoms with E-state index in [0.717, 1.165) is 22.2 Å². The lowest BCUT2D eigenvalue weighted by Crippen LogP contribution is -2.48. The van der Waals surface area contributed by atoms with Crippen LogP contribution in [0, 0.1) is 6.92 Å². The van der Waals surface area contributed by atoms with Crippen molar-refractivity contribution in [2.45, 2.75) is 33.0 Å². The van der Waals surface area contributed by atoms with Crippen molar-refractivity contribution >= 4 is 16.8 Å². The normalized spacial score (nSPS) is 22.1. The van der Waals surface area contributed by atoms with E-state index in [1.807, 2.05) is 43.9 Å². The summed E-state index contributed by atoms with van der Waals surface area (Å²) in [5.41, 5.74) is 2.58. The van der Waals surface area contributed by atoms with Gasteiger partial charge in [0.25, 0.3) is 5.91 Å². The molecule has 118 valence electrons. The topological polar surface area (TPSA) is 54.6 Å². The van der Waals surface area contributed by atoms with Gasteiger partial charge in [-0.2, -0.15) is 0 Å². The lowest BCUT2D eigenvalue weighted by molar-refractivity contribution is -0.0587. The van der Waals surface area contributed by atoms with Crippen molar-refractivity contribution in [1.29, 1.82) is 0 Å². The molecule has 1 aliphatic rings. The van der Waals surface area contributed by atoms with Crippen molar-refractivity contribution < 1.29 is 14.3 Å². The summed E-state index contributed by atoms with van der Waals surface area (Å²) in [5, 5.41) is 1.03. The number of fused-ring (bicyclic) bond motifs is 1. The Morgan fingerprint density at radius 1 is 1.32 bits per heavy atom. The Labute approximate surface area is 130 Å². The number of carbonyl (C=O) groups excluding carboxylic acids is 1. The van der Waals surface area contributed by atoms with Crippen LogP contribution in [0.4, 0.5) is 0 Å². The fraction of sp³-hybridized carbons (Fsp3) is 0.471. The number of hydrogen-bond donors (Lipinski definition) is 1. The number of amides is 1. The molecule has 5 heteroatoms. The van der Waals surface area contributed by atoms with Crippen molar-refractivity contribution in [2.24, 2.45) is 0 Å². The number of aromatic amines is 1. The van der Waals surface area contributed by atoms with Crippen molar-refractivity contribution in [1.82, 2.24) is 9.88 Å². The van der Waals surface area contributed by atoms with Crippen molar-refractivity contribution in [3.05, 3.63) is 29.5 Å². The van der Waals surface area contributed by atoms with Gasteiger partial charge in [-0.25, -0.2) is 0 Å². The molecule has 1 aromatic carbocycles. The molecule has 0 bridgehead atoms. The number of carbonyl (C=O) groups is 1. The smallest absolute Gasteiger partial charge is 0.270 e. The number of nitrogens with zero attached hydrogens (tertiary/aromatic N) is 1. The Bertz CT molecular complexity index is 697. The predicted octanol–water partition coefficient (Wildman–Crippen LogP) is 2.73. The van der Waals surface area contributed by atoms with Crippen molar-refractivity contribution in [2.75, 3.05) is 20.2 Å². The van der Waals surface area contributed by atoms with Crippen LogP contribution in [0.25, 0.3) is 10.9 Å². The maximum absolute atomic E-state index is 12.8. The summed E-state index contributed by atoms with van der Waals surface area (Å²) in [6, 6.07) is 5.80. The van der Waals surface area contributed by atoms with E-state index in [2.05, 4.69) is 4.98 Å². The molecule has 3 rings (SSSR count). The Kier molecular flexibility index (Phi) is 3.83. The number of morpholine rings is 1. The fourth-order valence-electron chi connectivity index (χ4n) is 3.15. The van der Waals surface area contributed by atoms with Crippen molar-refractivity contribution in [3.63, 3.8) is 0 Å². The molecule has 1 aromatic heterocycles. The largest absolute Gasteiger partial charge is 0.497 e. The van der Waals surface area contributed by atoms with E-state index in [1.165, 1.54) is 0 Å². The Morgan fingerprint density at radius 2 is 2.00 bits per heavy atom. The average Bonchev–Trinajstić information content (AvgIpc) is 2.82. The first-order valence-electron chi connectivity index (χ1n) is 7.60. The first kappa shape index (κ1) is 14.9. The zero-order chi connectivity index (χ0) is 15.9. The van der Waals surface area contributed by atoms with E-state index >= 15 is 0 Å². The second kappa shape index (κ2) is 5.65. The zero-order valence-electron chi connectivity index (χ0n) is 13.5. The molecule has 1 N–H and O–H groups in total. The summed E-state index contributed by atoms with van der Waals surface area (Å²) in [6.07, 6.45) is 0.134. The molecule has 0 saturated carbocycles. The third kappa shape index (κ3) is 2.57. The number of H-pyrrole nitrogens is 1. The van der Waals surface area contributed by atoms with Gasteiger partial charge < -0.3 is 19.4 Å². The van der Waals surface area contributed by atoms with Crippen LogP contribution in [0.2, 0.25) is 0 Å². The highest BCUT2D eigenvalue weighted by Gasteiger charge is 2.28. The Balaban J connectivity index is 1.95. The van der Waals surface area contributed by atoms with Gasteiger partial charge in [0.15, 0.2) is 0 Å². The van der Waals surface area contributed by atoms with E-state index in [1.54, 1.807) is 7.11 Å². The van der Waals surface area contributed by atoms with E-state index in [9.17, 15) is 4.79 Å². The Morgan fingerprint density at radius 3 is 2.64 bits per heavy atom. The number of ether oxygens (including phenoxy) is 2. The third-order valence-corrected chi connectivity index (χ3v) is 4.19. The van der Waals surface area contributed by atoms with Gasteiger partial charge in [-0.3, -0.25) is 4.79 Å². The molecule has 0 aliphatic carbocycles. The van der Waals surface area contributed by atoms with Crippen LogP contribution in [0.3, 0.4) is 0 Å². The summed E-state index contributed by atoms with van der Waals surface area (Å²) in [5.74, 6) is 0.830. The summed E-state index contributed by atoms with van der Waals surface area (Å²) in [6.45, 7) is 7.22. The van der Waals surface area contributed by atoms with Crippen LogP contribution in [0.15, 0.2) is 18.2 Å². The minimum absolute atomic E-state index is 0.0367. The van der Waals surface area contributed by atoms with E-state index < -0.39 is 0 Å². The van der Waals surface area contributed by atoms with Crippen LogP contribution in [-0.2, 0) is 4.74 Å². The molecule has 0 radical (unpaired) electrons. The monoisotopic (exact) mass is 302 g/mol. The molecule has 1 saturated heterocycles. The van der Waals surface area contributed by atoms with E-state index in [-0.39, 0.29) is 18.1 Å². The second-order valence-electron chi connectivity index (χ2n) is 6.00. The lowest BCUT2D eigenvalue weighted by Gasteiger charge is -2.35. The summed E-state index contributed by atoms with van der Waals surface area (Å²) in [4.78, 5) is 18.0. The highest BCUT2D eigenvalue weighted by molar-refractivity contribution is 6.01. The lowest BCUT2D eigenvalue weighted by atomic mass is 10.1. The molecule has 1 fully saturated rings. The number of benzene rings is 1. The van der Waals surface area contributed by atoms with Crippen LogP contribution < -0.4 is 4.74 Å². The fourth-order valence-corrected chi connectivity index (χ4v) is 3.15. The van der Waals surface area contributed by atoms with Crippen LogP contribution >= 0.6 is 0 Å². The van der Waals surface area contributed by atoms with Gasteiger partial charge in [0.1, 0.15) is 11.4 Å². The highest BCUT2D eigenvalue weighted by atomic mass is 16.5. The predicted molar refractivity (Wildman–Crippen MR) is 85.5 cm³/mol. The van der Waals surface area contributed by atoms with Gasteiger partial charge in [0.05, 0.1) is 19.3 Å². The van der Waals surface area contributed by atoms with Crippen LogP contribution in [0.5, 0.6) is 5.75 Å². The van der Waals surface area contributed by atoms with E-state index in [4.69, 9.17) is 9.47 Å². The van der Waals surface area contributed by atoms with Gasteiger partial charge in [-0.05, 0) is 44.5 Å². The molecular weight excluding hydrogens is 280 g/mol.